The van der Waals surface area contributed by atoms with E-state index in [2.05, 4.69) is 0 Å². The fourth-order valence-corrected chi connectivity index (χ4v) is 1.77. The van der Waals surface area contributed by atoms with E-state index in [0.717, 1.165) is 0 Å². The first-order chi connectivity index (χ1) is 4.63. The third-order valence-corrected chi connectivity index (χ3v) is 2.45. The zero-order chi connectivity index (χ0) is 9.28. The summed E-state index contributed by atoms with van der Waals surface area (Å²) in [6.45, 7) is 0. The molecular weight excluding hydrogens is 246 g/mol. The second-order valence-corrected chi connectivity index (χ2v) is 4.65. The second kappa shape index (κ2) is 7.12. The van der Waals surface area contributed by atoms with Gasteiger partial charge in [-0.05, 0) is 0 Å². The number of hydrogen-bond acceptors (Lipinski definition) is 7. The van der Waals surface area contributed by atoms with Crippen LogP contribution < -0.4 is 59.1 Å². The fourth-order valence-electron chi connectivity index (χ4n) is 0.258. The van der Waals surface area contributed by atoms with Crippen LogP contribution in [-0.4, -0.2) is 42.2 Å². The average Bonchev–Trinajstić information content (AvgIpc) is 1.56. The van der Waals surface area contributed by atoms with Crippen LogP contribution in [0.3, 0.4) is 0 Å². The topological polar surface area (TPSA) is 135 Å². The summed E-state index contributed by atoms with van der Waals surface area (Å²) >= 11 is 0. The van der Waals surface area contributed by atoms with Crippen molar-refractivity contribution in [2.24, 2.45) is 0 Å². The Morgan fingerprint density at radius 1 is 1.08 bits per heavy atom. The molecule has 68 valence electrons. The summed E-state index contributed by atoms with van der Waals surface area (Å²) in [7, 11) is -10.00. The van der Waals surface area contributed by atoms with Crippen molar-refractivity contribution in [3.05, 3.63) is 0 Å². The maximum absolute atomic E-state index is 9.80. The molecule has 0 saturated carbocycles. The van der Waals surface area contributed by atoms with E-state index in [1.54, 1.807) is 0 Å². The molecule has 0 aromatic heterocycles. The van der Waals surface area contributed by atoms with Gasteiger partial charge >= 0.3 is 59.1 Å². The molecule has 0 radical (unpaired) electrons. The fraction of sp³-hybridized carbons (Fsp3) is 1.00. The number of hydrogen-bond donors (Lipinski definition) is 1. The van der Waals surface area contributed by atoms with Crippen LogP contribution in [0, 0.1) is 0 Å². The maximum atomic E-state index is 9.80. The second-order valence-electron chi connectivity index (χ2n) is 1.67. The molecule has 0 aliphatic rings. The Morgan fingerprint density at radius 3 is 1.46 bits per heavy atom. The van der Waals surface area contributed by atoms with Gasteiger partial charge in [0.15, 0.2) is 5.44 Å². The predicted molar refractivity (Wildman–Crippen MR) is 30.3 cm³/mol. The Morgan fingerprint density at radius 2 is 1.38 bits per heavy atom. The van der Waals surface area contributed by atoms with Gasteiger partial charge in [0.1, 0.15) is 10.1 Å². The Hall–Kier alpha value is 1.78. The van der Waals surface area contributed by atoms with Crippen LogP contribution in [0.4, 0.5) is 0 Å². The molecule has 0 rings (SSSR count). The van der Waals surface area contributed by atoms with Gasteiger partial charge in [-0.1, -0.05) is 0 Å². The van der Waals surface area contributed by atoms with Gasteiger partial charge in [-0.2, -0.15) is 0 Å². The van der Waals surface area contributed by atoms with Crippen LogP contribution in [0.2, 0.25) is 0 Å². The Bertz CT molecular complexity index is 316. The summed E-state index contributed by atoms with van der Waals surface area (Å²) in [6.07, 6.45) is 0. The molecule has 0 fully saturated rings. The van der Waals surface area contributed by atoms with E-state index in [0.29, 0.717) is 0 Å². The molecule has 0 amide bonds. The van der Waals surface area contributed by atoms with Crippen molar-refractivity contribution in [3.63, 3.8) is 0 Å². The quantitative estimate of drug-likeness (QED) is 0.388. The normalized spacial score (nSPS) is 13.8. The number of rotatable bonds is 3. The third kappa shape index (κ3) is 11.7. The molecule has 1 unspecified atom stereocenters. The molecule has 0 heterocycles. The van der Waals surface area contributed by atoms with Crippen molar-refractivity contribution in [1.29, 1.82) is 0 Å². The minimum atomic E-state index is -5.11. The largest absolute Gasteiger partial charge is 1.00 e. The molecular formula is C2H4Na2O7S2. The van der Waals surface area contributed by atoms with Gasteiger partial charge in [0.2, 0.25) is 0 Å². The van der Waals surface area contributed by atoms with Gasteiger partial charge in [0.05, 0.1) is 15.9 Å². The summed E-state index contributed by atoms with van der Waals surface area (Å²) in [4.78, 5) is 0. The maximum Gasteiger partial charge on any atom is 1.00 e. The van der Waals surface area contributed by atoms with E-state index in [-0.39, 0.29) is 59.1 Å². The molecule has 1 atom stereocenters. The summed E-state index contributed by atoms with van der Waals surface area (Å²) in [5.41, 5.74) is -2.68. The van der Waals surface area contributed by atoms with Gasteiger partial charge in [0, 0.05) is 0 Å². The van der Waals surface area contributed by atoms with E-state index in [4.69, 9.17) is 5.11 Å². The van der Waals surface area contributed by atoms with Crippen LogP contribution >= 0.6 is 0 Å². The first-order valence-corrected chi connectivity index (χ1v) is 5.24. The summed E-state index contributed by atoms with van der Waals surface area (Å²) < 4.78 is 58.7. The van der Waals surface area contributed by atoms with Gasteiger partial charge < -0.3 is 14.2 Å². The van der Waals surface area contributed by atoms with Gasteiger partial charge in [0.25, 0.3) is 0 Å². The van der Waals surface area contributed by atoms with E-state index < -0.39 is 31.4 Å². The molecule has 0 aromatic carbocycles. The van der Waals surface area contributed by atoms with Crippen molar-refractivity contribution in [2.75, 3.05) is 5.75 Å². The van der Waals surface area contributed by atoms with Crippen LogP contribution in [0.1, 0.15) is 0 Å². The standard InChI is InChI=1S/C2H6O7S2.2Na/c3-2(11(7,8)9)1-10(4,5)6;;/h2-3H,1H2,(H,4,5,6)(H,7,8,9);;/q;2*+1/p-2. The van der Waals surface area contributed by atoms with E-state index in [9.17, 15) is 25.9 Å². The van der Waals surface area contributed by atoms with Gasteiger partial charge in [-0.25, -0.2) is 16.8 Å². The zero-order valence-electron chi connectivity index (χ0n) is 7.00. The van der Waals surface area contributed by atoms with Crippen LogP contribution in [0.15, 0.2) is 0 Å². The van der Waals surface area contributed by atoms with Crippen molar-refractivity contribution < 1.29 is 90.2 Å². The van der Waals surface area contributed by atoms with Gasteiger partial charge in [-0.3, -0.25) is 0 Å². The molecule has 0 aromatic rings. The molecule has 0 aliphatic heterocycles. The number of aliphatic hydroxyl groups excluding tert-OH is 1. The molecule has 13 heavy (non-hydrogen) atoms. The summed E-state index contributed by atoms with van der Waals surface area (Å²) in [5, 5.41) is 8.24. The molecule has 1 N–H and O–H groups in total. The average molecular weight is 250 g/mol. The van der Waals surface area contributed by atoms with Crippen molar-refractivity contribution >= 4 is 20.2 Å². The van der Waals surface area contributed by atoms with Crippen LogP contribution in [0.5, 0.6) is 0 Å². The third-order valence-electron chi connectivity index (χ3n) is 0.680. The first kappa shape index (κ1) is 20.2. The Balaban J connectivity index is -0.000000500. The van der Waals surface area contributed by atoms with Gasteiger partial charge in [-0.15, -0.1) is 0 Å². The molecule has 7 nitrogen and oxygen atoms in total. The molecule has 0 bridgehead atoms. The molecule has 0 spiro atoms. The van der Waals surface area contributed by atoms with E-state index >= 15 is 0 Å². The minimum absolute atomic E-state index is 0. The first-order valence-electron chi connectivity index (χ1n) is 2.19. The summed E-state index contributed by atoms with van der Waals surface area (Å²) in [6, 6.07) is 0. The van der Waals surface area contributed by atoms with Crippen LogP contribution in [-0.2, 0) is 20.2 Å². The SMILES string of the molecule is O=S(=O)([O-])CC(O)S(=O)(=O)[O-].[Na+].[Na+]. The monoisotopic (exact) mass is 250 g/mol. The Labute approximate surface area is 120 Å². The smallest absolute Gasteiger partial charge is 0.748 e. The minimum Gasteiger partial charge on any atom is -0.748 e. The number of aliphatic hydroxyl groups is 1. The molecule has 0 saturated heterocycles. The predicted octanol–water partition coefficient (Wildman–Crippen LogP) is -8.60. The molecule has 0 aliphatic carbocycles. The van der Waals surface area contributed by atoms with Crippen molar-refractivity contribution in [3.8, 4) is 0 Å². The van der Waals surface area contributed by atoms with E-state index in [1.807, 2.05) is 0 Å². The molecule has 11 heteroatoms. The Kier molecular flexibility index (Phi) is 11.1. The summed E-state index contributed by atoms with van der Waals surface area (Å²) in [5.74, 6) is -1.61. The van der Waals surface area contributed by atoms with E-state index in [1.165, 1.54) is 0 Å². The van der Waals surface area contributed by atoms with Crippen molar-refractivity contribution in [2.45, 2.75) is 5.44 Å². The van der Waals surface area contributed by atoms with Crippen LogP contribution in [0.25, 0.3) is 0 Å². The van der Waals surface area contributed by atoms with Crippen molar-refractivity contribution in [1.82, 2.24) is 0 Å². The zero-order valence-corrected chi connectivity index (χ0v) is 12.6.